The minimum atomic E-state index is -2.47. The summed E-state index contributed by atoms with van der Waals surface area (Å²) in [6, 6.07) is 0.887. The molecular weight excluding hydrogens is 404 g/mol. The third-order valence-electron chi connectivity index (χ3n) is 6.78. The summed E-state index contributed by atoms with van der Waals surface area (Å²) >= 11 is 0. The lowest BCUT2D eigenvalue weighted by Crippen LogP contribution is -2.51. The van der Waals surface area contributed by atoms with Crippen LogP contribution in [0.25, 0.3) is 0 Å². The molecule has 0 aliphatic carbocycles. The summed E-state index contributed by atoms with van der Waals surface area (Å²) in [5.74, 6) is 0.960. The van der Waals surface area contributed by atoms with E-state index in [9.17, 15) is 13.6 Å². The van der Waals surface area contributed by atoms with Crippen molar-refractivity contribution in [3.05, 3.63) is 11.8 Å². The van der Waals surface area contributed by atoms with Gasteiger partial charge in [0.2, 0.25) is 5.91 Å². The van der Waals surface area contributed by atoms with E-state index in [-0.39, 0.29) is 23.3 Å². The molecule has 3 aliphatic heterocycles. The van der Waals surface area contributed by atoms with Crippen LogP contribution in [0.3, 0.4) is 0 Å². The molecule has 2 fully saturated rings. The quantitative estimate of drug-likeness (QED) is 0.782. The monoisotopic (exact) mass is 439 g/mol. The molecule has 4 heterocycles. The molecule has 0 saturated carbocycles. The van der Waals surface area contributed by atoms with Gasteiger partial charge in [0.05, 0.1) is 25.5 Å². The maximum Gasteiger partial charge on any atom is 0.260 e. The van der Waals surface area contributed by atoms with E-state index in [2.05, 4.69) is 15.3 Å². The first-order valence-corrected chi connectivity index (χ1v) is 11.4. The van der Waals surface area contributed by atoms with Crippen molar-refractivity contribution in [3.63, 3.8) is 0 Å². The molecule has 1 aromatic heterocycles. The number of halogens is 2. The van der Waals surface area contributed by atoms with Gasteiger partial charge in [0.25, 0.3) is 6.43 Å². The number of piperidine rings is 1. The first kappa shape index (κ1) is 22.5. The van der Waals surface area contributed by atoms with Crippen molar-refractivity contribution in [1.82, 2.24) is 19.6 Å². The third-order valence-corrected chi connectivity index (χ3v) is 6.78. The highest BCUT2D eigenvalue weighted by molar-refractivity contribution is 5.78. The zero-order valence-electron chi connectivity index (χ0n) is 18.8. The number of morpholine rings is 1. The van der Waals surface area contributed by atoms with Gasteiger partial charge in [-0.25, -0.2) is 13.5 Å². The number of anilines is 1. The molecule has 4 rings (SSSR count). The Labute approximate surface area is 183 Å². The standard InChI is InChI=1S/C22H35F2N5O2/c1-22(2,3)18-12-19-25-16(11-17(21(23)24)29(19)26-18)15-5-4-6-28(13-15)20(30)14-27-7-9-31-10-8-27/h12,15-17,21,25H,4-11,13-14H2,1-3H3/t15?,16-,17+/m0/s1. The predicted octanol–water partition coefficient (Wildman–Crippen LogP) is 2.74. The van der Waals surface area contributed by atoms with Crippen LogP contribution >= 0.6 is 0 Å². The summed E-state index contributed by atoms with van der Waals surface area (Å²) in [6.45, 7) is 10.8. The Morgan fingerprint density at radius 1 is 1.29 bits per heavy atom. The number of nitrogens with one attached hydrogen (secondary N) is 1. The number of amides is 1. The fourth-order valence-corrected chi connectivity index (χ4v) is 4.87. The van der Waals surface area contributed by atoms with E-state index in [0.717, 1.165) is 38.2 Å². The van der Waals surface area contributed by atoms with Crippen LogP contribution in [0, 0.1) is 5.92 Å². The van der Waals surface area contributed by atoms with Crippen molar-refractivity contribution in [2.45, 2.75) is 64.0 Å². The third kappa shape index (κ3) is 5.03. The zero-order chi connectivity index (χ0) is 22.2. The van der Waals surface area contributed by atoms with E-state index in [0.29, 0.717) is 38.5 Å². The van der Waals surface area contributed by atoms with E-state index in [1.54, 1.807) is 0 Å². The summed E-state index contributed by atoms with van der Waals surface area (Å²) in [4.78, 5) is 16.9. The molecule has 3 aliphatic rings. The number of hydrogen-bond acceptors (Lipinski definition) is 5. The second kappa shape index (κ2) is 9.02. The number of fused-ring (bicyclic) bond motifs is 1. The van der Waals surface area contributed by atoms with E-state index in [1.807, 2.05) is 31.7 Å². The van der Waals surface area contributed by atoms with Gasteiger partial charge in [0, 0.05) is 43.7 Å². The Hall–Kier alpha value is -1.74. The molecule has 3 atom stereocenters. The van der Waals surface area contributed by atoms with E-state index in [1.165, 1.54) is 4.68 Å². The normalized spacial score (nSPS) is 27.8. The predicted molar refractivity (Wildman–Crippen MR) is 115 cm³/mol. The van der Waals surface area contributed by atoms with Gasteiger partial charge in [-0.3, -0.25) is 9.69 Å². The molecule has 1 N–H and O–H groups in total. The van der Waals surface area contributed by atoms with Gasteiger partial charge in [-0.05, 0) is 25.2 Å². The number of likely N-dealkylation sites (tertiary alicyclic amines) is 1. The van der Waals surface area contributed by atoms with Gasteiger partial charge in [-0.1, -0.05) is 20.8 Å². The Balaban J connectivity index is 1.45. The molecule has 0 spiro atoms. The van der Waals surface area contributed by atoms with Gasteiger partial charge in [-0.2, -0.15) is 5.10 Å². The van der Waals surface area contributed by atoms with Crippen molar-refractivity contribution in [2.75, 3.05) is 51.3 Å². The molecule has 7 nitrogen and oxygen atoms in total. The van der Waals surface area contributed by atoms with Crippen molar-refractivity contribution >= 4 is 11.7 Å². The number of rotatable bonds is 4. The largest absolute Gasteiger partial charge is 0.379 e. The van der Waals surface area contributed by atoms with E-state index >= 15 is 0 Å². The highest BCUT2D eigenvalue weighted by atomic mass is 19.3. The van der Waals surface area contributed by atoms with Crippen LogP contribution in [0.5, 0.6) is 0 Å². The average molecular weight is 440 g/mol. The Morgan fingerprint density at radius 3 is 2.71 bits per heavy atom. The molecule has 9 heteroatoms. The van der Waals surface area contributed by atoms with Crippen molar-refractivity contribution < 1.29 is 18.3 Å². The molecule has 174 valence electrons. The number of ether oxygens (including phenoxy) is 1. The van der Waals surface area contributed by atoms with Crippen molar-refractivity contribution in [3.8, 4) is 0 Å². The zero-order valence-corrected chi connectivity index (χ0v) is 18.8. The second-order valence-electron chi connectivity index (χ2n) is 10.1. The summed E-state index contributed by atoms with van der Waals surface area (Å²) in [6.07, 6.45) is -0.302. The first-order valence-electron chi connectivity index (χ1n) is 11.4. The molecule has 1 aromatic rings. The molecule has 0 bridgehead atoms. The number of carbonyl (C=O) groups is 1. The van der Waals surface area contributed by atoms with Crippen LogP contribution in [0.15, 0.2) is 6.07 Å². The highest BCUT2D eigenvalue weighted by Crippen LogP contribution is 2.38. The number of nitrogens with zero attached hydrogens (tertiary/aromatic N) is 4. The molecule has 1 unspecified atom stereocenters. The minimum absolute atomic E-state index is 0.0880. The van der Waals surface area contributed by atoms with E-state index in [4.69, 9.17) is 4.74 Å². The van der Waals surface area contributed by atoms with Gasteiger partial charge < -0.3 is 15.0 Å². The summed E-state index contributed by atoms with van der Waals surface area (Å²) in [5.41, 5.74) is 0.606. The SMILES string of the molecule is CC(C)(C)c1cc2n(n1)[C@@H](C(F)F)C[C@@H](C1CCCN(C(=O)CN3CCOCC3)C1)N2. The fraction of sp³-hybridized carbons (Fsp3) is 0.818. The van der Waals surface area contributed by atoms with Gasteiger partial charge in [0.1, 0.15) is 11.9 Å². The smallest absolute Gasteiger partial charge is 0.260 e. The Morgan fingerprint density at radius 2 is 2.03 bits per heavy atom. The molecular formula is C22H35F2N5O2. The Kier molecular flexibility index (Phi) is 6.53. The molecule has 1 amide bonds. The van der Waals surface area contributed by atoms with Crippen LogP contribution in [0.4, 0.5) is 14.6 Å². The molecule has 2 saturated heterocycles. The number of alkyl halides is 2. The van der Waals surface area contributed by atoms with Gasteiger partial charge >= 0.3 is 0 Å². The summed E-state index contributed by atoms with van der Waals surface area (Å²) < 4.78 is 34.7. The lowest BCUT2D eigenvalue weighted by atomic mass is 9.86. The van der Waals surface area contributed by atoms with Crippen LogP contribution in [0.2, 0.25) is 0 Å². The van der Waals surface area contributed by atoms with E-state index < -0.39 is 12.5 Å². The lowest BCUT2D eigenvalue weighted by Gasteiger charge is -2.41. The van der Waals surface area contributed by atoms with Crippen molar-refractivity contribution in [2.24, 2.45) is 5.92 Å². The lowest BCUT2D eigenvalue weighted by molar-refractivity contribution is -0.135. The van der Waals surface area contributed by atoms with Crippen molar-refractivity contribution in [1.29, 1.82) is 0 Å². The topological polar surface area (TPSA) is 62.6 Å². The van der Waals surface area contributed by atoms with Crippen LogP contribution in [-0.2, 0) is 14.9 Å². The fourth-order valence-electron chi connectivity index (χ4n) is 4.87. The first-order chi connectivity index (χ1) is 14.7. The number of hydrogen-bond donors (Lipinski definition) is 1. The summed E-state index contributed by atoms with van der Waals surface area (Å²) in [5, 5.41) is 7.99. The van der Waals surface area contributed by atoms with Gasteiger partial charge in [0.15, 0.2) is 0 Å². The maximum atomic E-state index is 13.9. The highest BCUT2D eigenvalue weighted by Gasteiger charge is 2.39. The number of carbonyl (C=O) groups excluding carboxylic acids is 1. The van der Waals surface area contributed by atoms with Crippen LogP contribution < -0.4 is 5.32 Å². The van der Waals surface area contributed by atoms with Crippen LogP contribution in [0.1, 0.15) is 51.8 Å². The second-order valence-corrected chi connectivity index (χ2v) is 10.1. The molecule has 0 aromatic carbocycles. The molecule has 0 radical (unpaired) electrons. The maximum absolute atomic E-state index is 13.9. The Bertz CT molecular complexity index is 772. The van der Waals surface area contributed by atoms with Gasteiger partial charge in [-0.15, -0.1) is 0 Å². The van der Waals surface area contributed by atoms with Crippen LogP contribution in [-0.4, -0.2) is 83.9 Å². The molecule has 31 heavy (non-hydrogen) atoms. The minimum Gasteiger partial charge on any atom is -0.379 e. The average Bonchev–Trinajstić information content (AvgIpc) is 3.18. The number of aromatic nitrogens is 2. The summed E-state index contributed by atoms with van der Waals surface area (Å²) in [7, 11) is 0.